The molecule has 0 bridgehead atoms. The summed E-state index contributed by atoms with van der Waals surface area (Å²) in [6, 6.07) is 4.12. The highest BCUT2D eigenvalue weighted by atomic mass is 19.1. The van der Waals surface area contributed by atoms with Gasteiger partial charge >= 0.3 is 0 Å². The van der Waals surface area contributed by atoms with Gasteiger partial charge in [-0.25, -0.2) is 4.39 Å². The van der Waals surface area contributed by atoms with Crippen LogP contribution in [0.1, 0.15) is 13.9 Å². The van der Waals surface area contributed by atoms with E-state index >= 15 is 0 Å². The standard InChI is InChI=1S/C11H10FNO2/c1-6-4-7-2-3-8(5-14)9(12)10(7)13-11(6)15/h2-4,14H,5H2,1H3,(H,13,15)/i5D2. The summed E-state index contributed by atoms with van der Waals surface area (Å²) >= 11 is 0. The van der Waals surface area contributed by atoms with Crippen molar-refractivity contribution in [1.29, 1.82) is 0 Å². The predicted molar refractivity (Wildman–Crippen MR) is 55.2 cm³/mol. The summed E-state index contributed by atoms with van der Waals surface area (Å²) in [5.74, 6) is -0.952. The number of H-pyrrole nitrogens is 1. The highest BCUT2D eigenvalue weighted by Crippen LogP contribution is 2.18. The highest BCUT2D eigenvalue weighted by Gasteiger charge is 2.08. The van der Waals surface area contributed by atoms with Gasteiger partial charge in [0.05, 0.1) is 14.8 Å². The molecule has 0 aliphatic rings. The Morgan fingerprint density at radius 1 is 1.60 bits per heavy atom. The van der Waals surface area contributed by atoms with Crippen LogP contribution < -0.4 is 5.56 Å². The number of fused-ring (bicyclic) bond motifs is 1. The molecule has 15 heavy (non-hydrogen) atoms. The lowest BCUT2D eigenvalue weighted by Crippen LogP contribution is -2.10. The smallest absolute Gasteiger partial charge is 0.251 e. The molecule has 0 amide bonds. The Kier molecular flexibility index (Phi) is 1.76. The molecule has 0 fully saturated rings. The molecular weight excluding hydrogens is 197 g/mol. The molecule has 78 valence electrons. The van der Waals surface area contributed by atoms with E-state index in [1.807, 2.05) is 0 Å². The van der Waals surface area contributed by atoms with Crippen molar-refractivity contribution < 1.29 is 12.2 Å². The molecule has 0 spiro atoms. The van der Waals surface area contributed by atoms with Gasteiger partial charge in [-0.3, -0.25) is 4.79 Å². The zero-order valence-corrected chi connectivity index (χ0v) is 7.97. The van der Waals surface area contributed by atoms with E-state index in [4.69, 9.17) is 7.85 Å². The van der Waals surface area contributed by atoms with Crippen molar-refractivity contribution in [3.8, 4) is 0 Å². The molecule has 0 aliphatic heterocycles. The van der Waals surface area contributed by atoms with Crippen LogP contribution in [0, 0.1) is 12.7 Å². The number of aryl methyl sites for hydroxylation is 1. The Morgan fingerprint density at radius 3 is 3.00 bits per heavy atom. The first-order chi connectivity index (χ1) is 7.80. The van der Waals surface area contributed by atoms with Gasteiger partial charge in [0.2, 0.25) is 0 Å². The van der Waals surface area contributed by atoms with Crippen LogP contribution in [0.3, 0.4) is 0 Å². The van der Waals surface area contributed by atoms with E-state index in [1.165, 1.54) is 12.1 Å². The summed E-state index contributed by atoms with van der Waals surface area (Å²) in [4.78, 5) is 13.7. The molecule has 1 heterocycles. The SMILES string of the molecule is [2H]C([2H])(O)c1ccc2cc(C)c(=O)[nH]c2c1F. The number of nitrogens with one attached hydrogen (secondary N) is 1. The number of aliphatic hydroxyl groups is 1. The summed E-state index contributed by atoms with van der Waals surface area (Å²) in [6.07, 6.45) is 0. The second-order valence-electron chi connectivity index (χ2n) is 3.28. The van der Waals surface area contributed by atoms with Crippen LogP contribution in [0.4, 0.5) is 4.39 Å². The van der Waals surface area contributed by atoms with Gasteiger partial charge in [0.15, 0.2) is 5.82 Å². The third-order valence-corrected chi connectivity index (χ3v) is 2.26. The van der Waals surface area contributed by atoms with Gasteiger partial charge in [0.1, 0.15) is 0 Å². The lowest BCUT2D eigenvalue weighted by molar-refractivity contribution is 0.276. The molecule has 0 unspecified atom stereocenters. The zero-order valence-electron chi connectivity index (χ0n) is 9.97. The minimum absolute atomic E-state index is 0.101. The van der Waals surface area contributed by atoms with E-state index in [1.54, 1.807) is 6.92 Å². The summed E-state index contributed by atoms with van der Waals surface area (Å²) in [6.45, 7) is -1.19. The normalized spacial score (nSPS) is 13.8. The summed E-state index contributed by atoms with van der Waals surface area (Å²) in [5.41, 5.74) is -0.593. The second-order valence-corrected chi connectivity index (χ2v) is 3.28. The summed E-state index contributed by atoms with van der Waals surface area (Å²) < 4.78 is 28.1. The monoisotopic (exact) mass is 209 g/mol. The number of hydrogen-bond acceptors (Lipinski definition) is 2. The molecule has 0 aliphatic carbocycles. The van der Waals surface area contributed by atoms with E-state index in [9.17, 15) is 9.18 Å². The summed E-state index contributed by atoms with van der Waals surface area (Å²) in [5, 5.41) is 9.61. The van der Waals surface area contributed by atoms with Gasteiger partial charge in [0, 0.05) is 16.5 Å². The molecule has 2 N–H and O–H groups in total. The Bertz CT molecular complexity index is 646. The fourth-order valence-corrected chi connectivity index (χ4v) is 1.44. The van der Waals surface area contributed by atoms with Gasteiger partial charge in [-0.05, 0) is 13.0 Å². The topological polar surface area (TPSA) is 53.1 Å². The Morgan fingerprint density at radius 2 is 2.33 bits per heavy atom. The van der Waals surface area contributed by atoms with Crippen LogP contribution in [0.15, 0.2) is 23.0 Å². The van der Waals surface area contributed by atoms with E-state index in [2.05, 4.69) is 4.98 Å². The van der Waals surface area contributed by atoms with Crippen LogP contribution in [0.5, 0.6) is 0 Å². The van der Waals surface area contributed by atoms with Gasteiger partial charge in [-0.15, -0.1) is 0 Å². The van der Waals surface area contributed by atoms with Crippen LogP contribution >= 0.6 is 0 Å². The van der Waals surface area contributed by atoms with Crippen LogP contribution in [0.25, 0.3) is 10.9 Å². The van der Waals surface area contributed by atoms with Crippen molar-refractivity contribution in [3.63, 3.8) is 0 Å². The molecule has 0 atom stereocenters. The zero-order chi connectivity index (χ0) is 12.8. The van der Waals surface area contributed by atoms with Crippen LogP contribution in [-0.4, -0.2) is 10.1 Å². The molecule has 0 radical (unpaired) electrons. The Balaban J connectivity index is 2.85. The first-order valence-corrected chi connectivity index (χ1v) is 4.35. The molecule has 2 rings (SSSR count). The van der Waals surface area contributed by atoms with Crippen LogP contribution in [-0.2, 0) is 6.56 Å². The van der Waals surface area contributed by atoms with Gasteiger partial charge < -0.3 is 10.1 Å². The molecule has 3 nitrogen and oxygen atoms in total. The van der Waals surface area contributed by atoms with Crippen molar-refractivity contribution in [2.75, 3.05) is 0 Å². The van der Waals surface area contributed by atoms with Gasteiger partial charge in [0.25, 0.3) is 5.56 Å². The lowest BCUT2D eigenvalue weighted by Gasteiger charge is -2.04. The molecule has 0 saturated carbocycles. The minimum Gasteiger partial charge on any atom is -0.392 e. The average molecular weight is 209 g/mol. The maximum Gasteiger partial charge on any atom is 0.251 e. The van der Waals surface area contributed by atoms with Crippen molar-refractivity contribution in [2.45, 2.75) is 13.5 Å². The molecule has 0 saturated heterocycles. The van der Waals surface area contributed by atoms with Crippen molar-refractivity contribution in [2.24, 2.45) is 0 Å². The number of rotatable bonds is 1. The Hall–Kier alpha value is -1.68. The number of aromatic nitrogens is 1. The molecule has 1 aromatic carbocycles. The highest BCUT2D eigenvalue weighted by molar-refractivity contribution is 5.80. The van der Waals surface area contributed by atoms with Crippen LogP contribution in [0.2, 0.25) is 0 Å². The third-order valence-electron chi connectivity index (χ3n) is 2.26. The van der Waals surface area contributed by atoms with Gasteiger partial charge in [-0.2, -0.15) is 0 Å². The first-order valence-electron chi connectivity index (χ1n) is 5.35. The maximum absolute atomic E-state index is 13.9. The van der Waals surface area contributed by atoms with E-state index < -0.39 is 23.5 Å². The maximum atomic E-state index is 13.9. The largest absolute Gasteiger partial charge is 0.392 e. The number of pyridine rings is 1. The Labute approximate surface area is 88.0 Å². The fraction of sp³-hybridized carbons (Fsp3) is 0.182. The van der Waals surface area contributed by atoms with Crippen molar-refractivity contribution in [3.05, 3.63) is 45.5 Å². The van der Waals surface area contributed by atoms with Gasteiger partial charge in [-0.1, -0.05) is 12.1 Å². The molecule has 4 heteroatoms. The fourth-order valence-electron chi connectivity index (χ4n) is 1.44. The molecular formula is C11H10FNO2. The average Bonchev–Trinajstić information content (AvgIpc) is 2.19. The van der Waals surface area contributed by atoms with Crippen molar-refractivity contribution >= 4 is 10.9 Å². The number of hydrogen-bond donors (Lipinski definition) is 2. The lowest BCUT2D eigenvalue weighted by atomic mass is 10.1. The summed E-state index contributed by atoms with van der Waals surface area (Å²) in [7, 11) is 0. The number of aromatic amines is 1. The predicted octanol–water partition coefficient (Wildman–Crippen LogP) is 1.47. The van der Waals surface area contributed by atoms with E-state index in [0.29, 0.717) is 10.9 Å². The van der Waals surface area contributed by atoms with E-state index in [-0.39, 0.29) is 5.52 Å². The number of halogens is 1. The second kappa shape index (κ2) is 3.47. The first kappa shape index (κ1) is 7.59. The molecule has 2 aromatic rings. The van der Waals surface area contributed by atoms with E-state index in [0.717, 1.165) is 6.07 Å². The minimum atomic E-state index is -2.78. The number of benzene rings is 1. The van der Waals surface area contributed by atoms with Crippen molar-refractivity contribution in [1.82, 2.24) is 4.98 Å². The third kappa shape index (κ3) is 1.53. The quantitative estimate of drug-likeness (QED) is 0.747. The molecule has 1 aromatic heterocycles.